The van der Waals surface area contributed by atoms with Crippen molar-refractivity contribution in [2.75, 3.05) is 50.6 Å². The summed E-state index contributed by atoms with van der Waals surface area (Å²) in [5.74, 6) is 0.585. The van der Waals surface area contributed by atoms with Gasteiger partial charge < -0.3 is 14.5 Å². The molecule has 0 aromatic heterocycles. The maximum absolute atomic E-state index is 12.0. The van der Waals surface area contributed by atoms with Crippen molar-refractivity contribution >= 4 is 33.7 Å². The van der Waals surface area contributed by atoms with Crippen LogP contribution >= 0.6 is 11.6 Å². The standard InChI is InChI=1S/C25H28ClN3O3/c1-27-12-14-28(15-13-27)22-17-21(25(29(30)31)24(18-22)32-16-11-26)10-9-20-7-4-6-19-5-2-3-8-23(19)20/h2-8,17-18H,9-16H2,1H3. The first-order chi connectivity index (χ1) is 15.6. The van der Waals surface area contributed by atoms with E-state index in [-0.39, 0.29) is 23.1 Å². The molecule has 7 heteroatoms. The fourth-order valence-corrected chi connectivity index (χ4v) is 4.41. The van der Waals surface area contributed by atoms with Crippen LogP contribution in [0.1, 0.15) is 11.1 Å². The number of nitro groups is 1. The van der Waals surface area contributed by atoms with E-state index < -0.39 is 0 Å². The molecule has 0 aliphatic carbocycles. The molecule has 0 radical (unpaired) electrons. The third-order valence-corrected chi connectivity index (χ3v) is 6.22. The Morgan fingerprint density at radius 3 is 2.47 bits per heavy atom. The largest absolute Gasteiger partial charge is 0.485 e. The van der Waals surface area contributed by atoms with Crippen LogP contribution in [0.3, 0.4) is 0 Å². The number of alkyl halides is 1. The van der Waals surface area contributed by atoms with E-state index in [1.807, 2.05) is 24.3 Å². The maximum Gasteiger partial charge on any atom is 0.314 e. The van der Waals surface area contributed by atoms with E-state index >= 15 is 0 Å². The van der Waals surface area contributed by atoms with E-state index in [4.69, 9.17) is 16.3 Å². The Morgan fingerprint density at radius 1 is 1.00 bits per heavy atom. The average molecular weight is 454 g/mol. The van der Waals surface area contributed by atoms with Gasteiger partial charge in [-0.3, -0.25) is 10.1 Å². The van der Waals surface area contributed by atoms with Crippen LogP contribution in [0, 0.1) is 10.1 Å². The van der Waals surface area contributed by atoms with Gasteiger partial charge in [-0.1, -0.05) is 42.5 Å². The molecule has 0 spiro atoms. The van der Waals surface area contributed by atoms with Crippen LogP contribution < -0.4 is 9.64 Å². The first-order valence-corrected chi connectivity index (χ1v) is 11.5. The number of nitrogens with zero attached hydrogens (tertiary/aromatic N) is 3. The van der Waals surface area contributed by atoms with Gasteiger partial charge in [0.05, 0.1) is 10.8 Å². The summed E-state index contributed by atoms with van der Waals surface area (Å²) < 4.78 is 5.75. The fourth-order valence-electron chi connectivity index (χ4n) is 4.33. The molecule has 0 atom stereocenters. The number of anilines is 1. The number of likely N-dealkylation sites (N-methyl/N-ethyl adjacent to an activating group) is 1. The van der Waals surface area contributed by atoms with Crippen molar-refractivity contribution in [3.63, 3.8) is 0 Å². The molecule has 3 aromatic carbocycles. The third-order valence-electron chi connectivity index (χ3n) is 6.07. The molecular weight excluding hydrogens is 426 g/mol. The molecule has 0 bridgehead atoms. The monoisotopic (exact) mass is 453 g/mol. The number of fused-ring (bicyclic) bond motifs is 1. The average Bonchev–Trinajstić information content (AvgIpc) is 2.81. The molecular formula is C25H28ClN3O3. The van der Waals surface area contributed by atoms with Crippen molar-refractivity contribution in [2.24, 2.45) is 0 Å². The molecule has 3 aromatic rings. The van der Waals surface area contributed by atoms with Crippen molar-refractivity contribution in [3.8, 4) is 5.75 Å². The van der Waals surface area contributed by atoms with Crippen molar-refractivity contribution in [1.82, 2.24) is 4.90 Å². The molecule has 32 heavy (non-hydrogen) atoms. The molecule has 6 nitrogen and oxygen atoms in total. The summed E-state index contributed by atoms with van der Waals surface area (Å²) in [5.41, 5.74) is 2.91. The van der Waals surface area contributed by atoms with Gasteiger partial charge in [0.15, 0.2) is 5.75 Å². The highest BCUT2D eigenvalue weighted by Crippen LogP contribution is 2.37. The van der Waals surface area contributed by atoms with Crippen molar-refractivity contribution < 1.29 is 9.66 Å². The zero-order valence-corrected chi connectivity index (χ0v) is 19.1. The number of benzene rings is 3. The number of halogens is 1. The molecule has 1 saturated heterocycles. The lowest BCUT2D eigenvalue weighted by Gasteiger charge is -2.34. The number of piperazine rings is 1. The first kappa shape index (κ1) is 22.4. The summed E-state index contributed by atoms with van der Waals surface area (Å²) >= 11 is 5.81. The summed E-state index contributed by atoms with van der Waals surface area (Å²) in [5, 5.41) is 14.4. The quantitative estimate of drug-likeness (QED) is 0.276. The Bertz CT molecular complexity index is 1090. The van der Waals surface area contributed by atoms with Crippen LogP contribution in [-0.4, -0.2) is 55.5 Å². The first-order valence-electron chi connectivity index (χ1n) is 11.0. The van der Waals surface area contributed by atoms with E-state index in [0.717, 1.165) is 31.9 Å². The van der Waals surface area contributed by atoms with Crippen LogP contribution in [0.25, 0.3) is 10.8 Å². The van der Waals surface area contributed by atoms with Gasteiger partial charge in [-0.2, -0.15) is 0 Å². The van der Waals surface area contributed by atoms with Gasteiger partial charge >= 0.3 is 5.69 Å². The lowest BCUT2D eigenvalue weighted by molar-refractivity contribution is -0.386. The number of hydrogen-bond donors (Lipinski definition) is 0. The SMILES string of the molecule is CN1CCN(c2cc(CCc3cccc4ccccc34)c([N+](=O)[O-])c(OCCCl)c2)CC1. The summed E-state index contributed by atoms with van der Waals surface area (Å²) in [4.78, 5) is 16.3. The van der Waals surface area contributed by atoms with Crippen LogP contribution in [-0.2, 0) is 12.8 Å². The van der Waals surface area contributed by atoms with Crippen molar-refractivity contribution in [3.05, 3.63) is 75.8 Å². The second kappa shape index (κ2) is 10.2. The van der Waals surface area contributed by atoms with E-state index in [9.17, 15) is 10.1 Å². The molecule has 1 heterocycles. The second-order valence-electron chi connectivity index (χ2n) is 8.17. The zero-order valence-electron chi connectivity index (χ0n) is 18.3. The molecule has 1 aliphatic rings. The fraction of sp³-hybridized carbons (Fsp3) is 0.360. The van der Waals surface area contributed by atoms with E-state index in [0.29, 0.717) is 24.2 Å². The normalized spacial score (nSPS) is 14.6. The Morgan fingerprint density at radius 2 is 1.72 bits per heavy atom. The van der Waals surface area contributed by atoms with Crippen molar-refractivity contribution in [1.29, 1.82) is 0 Å². The maximum atomic E-state index is 12.0. The predicted octanol–water partition coefficient (Wildman–Crippen LogP) is 4.90. The molecule has 0 amide bonds. The zero-order chi connectivity index (χ0) is 22.5. The minimum Gasteiger partial charge on any atom is -0.485 e. The molecule has 1 aliphatic heterocycles. The summed E-state index contributed by atoms with van der Waals surface area (Å²) in [6.07, 6.45) is 1.27. The second-order valence-corrected chi connectivity index (χ2v) is 8.55. The number of rotatable bonds is 8. The van der Waals surface area contributed by atoms with Crippen molar-refractivity contribution in [2.45, 2.75) is 12.8 Å². The van der Waals surface area contributed by atoms with E-state index in [1.165, 1.54) is 16.3 Å². The highest BCUT2D eigenvalue weighted by atomic mass is 35.5. The molecule has 0 unspecified atom stereocenters. The topological polar surface area (TPSA) is 58.9 Å². The molecule has 0 saturated carbocycles. The smallest absolute Gasteiger partial charge is 0.314 e. The van der Waals surface area contributed by atoms with Gasteiger partial charge in [0.1, 0.15) is 6.61 Å². The molecule has 1 fully saturated rings. The van der Waals surface area contributed by atoms with Gasteiger partial charge in [-0.25, -0.2) is 0 Å². The molecule has 168 valence electrons. The lowest BCUT2D eigenvalue weighted by atomic mass is 9.97. The Hall–Kier alpha value is -2.83. The summed E-state index contributed by atoms with van der Waals surface area (Å²) in [6.45, 7) is 3.91. The predicted molar refractivity (Wildman–Crippen MR) is 130 cm³/mol. The van der Waals surface area contributed by atoms with Gasteiger partial charge in [-0.05, 0) is 42.3 Å². The Balaban J connectivity index is 1.69. The van der Waals surface area contributed by atoms with Gasteiger partial charge in [0.25, 0.3) is 0 Å². The van der Waals surface area contributed by atoms with E-state index in [1.54, 1.807) is 6.07 Å². The number of aryl methyl sites for hydroxylation is 2. The number of ether oxygens (including phenoxy) is 1. The third kappa shape index (κ3) is 4.97. The highest BCUT2D eigenvalue weighted by molar-refractivity contribution is 6.18. The van der Waals surface area contributed by atoms with Crippen LogP contribution in [0.15, 0.2) is 54.6 Å². The number of hydrogen-bond acceptors (Lipinski definition) is 5. The van der Waals surface area contributed by atoms with Gasteiger partial charge in [0.2, 0.25) is 0 Å². The lowest BCUT2D eigenvalue weighted by Crippen LogP contribution is -2.44. The Labute approximate surface area is 193 Å². The molecule has 0 N–H and O–H groups in total. The summed E-state index contributed by atoms with van der Waals surface area (Å²) in [7, 11) is 2.11. The minimum atomic E-state index is -0.324. The van der Waals surface area contributed by atoms with Gasteiger partial charge in [0, 0.05) is 43.5 Å². The molecule has 4 rings (SSSR count). The Kier molecular flexibility index (Phi) is 7.12. The van der Waals surface area contributed by atoms with Crippen LogP contribution in [0.5, 0.6) is 5.75 Å². The van der Waals surface area contributed by atoms with Crippen LogP contribution in [0.2, 0.25) is 0 Å². The van der Waals surface area contributed by atoms with Gasteiger partial charge in [-0.15, -0.1) is 11.6 Å². The minimum absolute atomic E-state index is 0.0493. The van der Waals surface area contributed by atoms with Crippen LogP contribution in [0.4, 0.5) is 11.4 Å². The number of nitro benzene ring substituents is 1. The summed E-state index contributed by atoms with van der Waals surface area (Å²) in [6, 6.07) is 18.3. The van der Waals surface area contributed by atoms with E-state index in [2.05, 4.69) is 41.1 Å². The highest BCUT2D eigenvalue weighted by Gasteiger charge is 2.25.